The number of methoxy groups -OCH3 is 2. The number of carbonyl (C=O) groups excluding carboxylic acids is 4. The minimum Gasteiger partial charge on any atom is -0.497 e. The van der Waals surface area contributed by atoms with Gasteiger partial charge in [-0.25, -0.2) is 4.79 Å². The van der Waals surface area contributed by atoms with Gasteiger partial charge in [0.05, 0.1) is 31.8 Å². The number of likely N-dealkylation sites (tertiary alicyclic amines) is 1. The molecule has 3 amide bonds. The quantitative estimate of drug-likeness (QED) is 0.107. The monoisotopic (exact) mass is 932 g/mol. The average molecular weight is 933 g/mol. The molecule has 5 aromatic rings. The van der Waals surface area contributed by atoms with E-state index in [1.165, 1.54) is 36.9 Å². The highest BCUT2D eigenvalue weighted by Crippen LogP contribution is 2.32. The van der Waals surface area contributed by atoms with Gasteiger partial charge >= 0.3 is 6.09 Å². The third-order valence-corrected chi connectivity index (χ3v) is 11.5. The van der Waals surface area contributed by atoms with Crippen LogP contribution in [0.3, 0.4) is 0 Å². The van der Waals surface area contributed by atoms with Crippen molar-refractivity contribution in [1.29, 1.82) is 0 Å². The van der Waals surface area contributed by atoms with Crippen LogP contribution in [-0.4, -0.2) is 116 Å². The summed E-state index contributed by atoms with van der Waals surface area (Å²) in [5, 5.41) is 6.64. The van der Waals surface area contributed by atoms with E-state index in [-0.39, 0.29) is 41.6 Å². The first-order chi connectivity index (χ1) is 32.6. The maximum Gasteiger partial charge on any atom is 0.410 e. The van der Waals surface area contributed by atoms with E-state index >= 15 is 0 Å². The number of aldehydes is 1. The second-order valence-electron chi connectivity index (χ2n) is 17.1. The Morgan fingerprint density at radius 2 is 1.28 bits per heavy atom. The molecule has 2 aliphatic rings. The topological polar surface area (TPSA) is 189 Å². The third kappa shape index (κ3) is 12.7. The van der Waals surface area contributed by atoms with Crippen LogP contribution in [0.1, 0.15) is 50.3 Å². The molecule has 0 bridgehead atoms. The number of rotatable bonds is 14. The van der Waals surface area contributed by atoms with E-state index < -0.39 is 5.60 Å². The Morgan fingerprint density at radius 3 is 1.81 bits per heavy atom. The maximum absolute atomic E-state index is 13.4. The molecular formula is C51H60N6O11. The van der Waals surface area contributed by atoms with E-state index in [2.05, 4.69) is 15.5 Å². The lowest BCUT2D eigenvalue weighted by atomic mass is 10.0. The number of nitrogens with zero attached hydrogens (tertiary/aromatic N) is 4. The van der Waals surface area contributed by atoms with Gasteiger partial charge in [-0.05, 0) is 98.9 Å². The van der Waals surface area contributed by atoms with Gasteiger partial charge in [-0.3, -0.25) is 19.2 Å². The zero-order valence-electron chi connectivity index (χ0n) is 39.7. The van der Waals surface area contributed by atoms with Crippen LogP contribution in [0, 0.1) is 0 Å². The number of amides is 3. The fraction of sp³-hybridized carbons (Fsp3) is 0.373. The van der Waals surface area contributed by atoms with Gasteiger partial charge in [0, 0.05) is 100 Å². The molecule has 1 saturated heterocycles. The molecule has 1 fully saturated rings. The van der Waals surface area contributed by atoms with Gasteiger partial charge in [-0.1, -0.05) is 6.07 Å². The van der Waals surface area contributed by atoms with Gasteiger partial charge in [-0.2, -0.15) is 0 Å². The Bertz CT molecular complexity index is 2820. The number of fused-ring (bicyclic) bond motifs is 3. The second kappa shape index (κ2) is 22.9. The predicted octanol–water partition coefficient (Wildman–Crippen LogP) is 5.41. The molecular weight excluding hydrogens is 873 g/mol. The third-order valence-electron chi connectivity index (χ3n) is 11.5. The highest BCUT2D eigenvalue weighted by molar-refractivity contribution is 5.97. The van der Waals surface area contributed by atoms with Gasteiger partial charge in [-0.15, -0.1) is 0 Å². The SMILES string of the molecule is CNC(=O)/C=C/c1cc(=O)n(CC=O)c2cc(OC)ccc12.CNC(=O)/C=C/c1cc(=O)n(CCN2CCC(N(Cc3ccc4c(c3)OCCO4)C(=O)OC(C)(C)C)CC2)c2cc(OC)ccc12. The number of benzene rings is 3. The van der Waals surface area contributed by atoms with Gasteiger partial charge in [0.25, 0.3) is 11.1 Å². The fourth-order valence-electron chi connectivity index (χ4n) is 8.04. The number of aromatic nitrogens is 2. The molecule has 0 unspecified atom stereocenters. The first-order valence-corrected chi connectivity index (χ1v) is 22.4. The second-order valence-corrected chi connectivity index (χ2v) is 17.1. The fourth-order valence-corrected chi connectivity index (χ4v) is 8.04. The standard InChI is InChI=1S/C35H44N4O7.C16H16N2O4/c1-35(2,3)46-34(42)39(23-24-6-10-30-31(20-24)45-19-18-44-30)26-12-14-37(15-13-26)16-17-38-29-22-27(43-5)8-9-28(29)25(21-33(38)41)7-11-32(40)36-4;1-17-15(20)6-3-11-9-16(21)18(7-8-19)14-10-12(22-2)4-5-13(11)14/h6-11,20-22,26H,12-19,23H2,1-5H3,(H,36,40);3-6,8-10H,7H2,1-2H3,(H,17,20)/b11-7+;6-3+. The number of nitrogens with one attached hydrogen (secondary N) is 2. The van der Waals surface area contributed by atoms with Crippen molar-refractivity contribution in [1.82, 2.24) is 29.6 Å². The normalized spacial score (nSPS) is 14.0. The van der Waals surface area contributed by atoms with Gasteiger partial charge in [0.1, 0.15) is 36.6 Å². The summed E-state index contributed by atoms with van der Waals surface area (Å²) in [7, 11) is 6.21. The van der Waals surface area contributed by atoms with Crippen LogP contribution in [0.25, 0.3) is 34.0 Å². The van der Waals surface area contributed by atoms with Gasteiger partial charge < -0.3 is 58.0 Å². The molecule has 68 heavy (non-hydrogen) atoms. The van der Waals surface area contributed by atoms with Crippen molar-refractivity contribution in [2.24, 2.45) is 0 Å². The van der Waals surface area contributed by atoms with Crippen molar-refractivity contribution in [2.75, 3.05) is 61.2 Å². The van der Waals surface area contributed by atoms with Crippen LogP contribution in [0.2, 0.25) is 0 Å². The number of likely N-dealkylation sites (N-methyl/N-ethyl adjacent to an activating group) is 2. The van der Waals surface area contributed by atoms with E-state index in [0.29, 0.717) is 78.8 Å². The molecule has 0 spiro atoms. The molecule has 17 nitrogen and oxygen atoms in total. The largest absolute Gasteiger partial charge is 0.497 e. The predicted molar refractivity (Wildman–Crippen MR) is 260 cm³/mol. The molecule has 2 N–H and O–H groups in total. The number of carbonyl (C=O) groups is 4. The summed E-state index contributed by atoms with van der Waals surface area (Å²) < 4.78 is 31.0. The van der Waals surface area contributed by atoms with Crippen molar-refractivity contribution in [3.63, 3.8) is 0 Å². The summed E-state index contributed by atoms with van der Waals surface area (Å²) in [6, 6.07) is 19.6. The molecule has 0 atom stereocenters. The zero-order valence-corrected chi connectivity index (χ0v) is 39.7. The van der Waals surface area contributed by atoms with Crippen molar-refractivity contribution in [2.45, 2.75) is 64.9 Å². The highest BCUT2D eigenvalue weighted by atomic mass is 16.6. The Balaban J connectivity index is 0.000000289. The number of pyridine rings is 2. The molecule has 360 valence electrons. The van der Waals surface area contributed by atoms with Gasteiger partial charge in [0.2, 0.25) is 11.8 Å². The summed E-state index contributed by atoms with van der Waals surface area (Å²) in [6.45, 7) is 9.71. The molecule has 17 heteroatoms. The minimum absolute atomic E-state index is 0.00138. The molecule has 7 rings (SSSR count). The van der Waals surface area contributed by atoms with Crippen LogP contribution < -0.4 is 40.7 Å². The van der Waals surface area contributed by atoms with Crippen LogP contribution in [0.15, 0.2) is 88.5 Å². The summed E-state index contributed by atoms with van der Waals surface area (Å²) >= 11 is 0. The molecule has 2 aliphatic heterocycles. The summed E-state index contributed by atoms with van der Waals surface area (Å²) in [6.07, 6.45) is 7.88. The average Bonchev–Trinajstić information content (AvgIpc) is 3.34. The van der Waals surface area contributed by atoms with Crippen LogP contribution in [0.4, 0.5) is 4.79 Å². The first kappa shape index (κ1) is 50.0. The van der Waals surface area contributed by atoms with Crippen molar-refractivity contribution < 1.29 is 42.9 Å². The molecule has 0 radical (unpaired) electrons. The molecule has 2 aromatic heterocycles. The van der Waals surface area contributed by atoms with E-state index in [4.69, 9.17) is 23.7 Å². The van der Waals surface area contributed by atoms with Crippen LogP contribution in [-0.2, 0) is 38.8 Å². The molecule has 0 aliphatic carbocycles. The van der Waals surface area contributed by atoms with E-state index in [9.17, 15) is 28.8 Å². The molecule has 4 heterocycles. The smallest absolute Gasteiger partial charge is 0.410 e. The summed E-state index contributed by atoms with van der Waals surface area (Å²) in [5.41, 5.74) is 2.47. The zero-order chi connectivity index (χ0) is 49.0. The van der Waals surface area contributed by atoms with Gasteiger partial charge in [0.15, 0.2) is 11.5 Å². The maximum atomic E-state index is 13.4. The van der Waals surface area contributed by atoms with E-state index in [0.717, 1.165) is 47.8 Å². The first-order valence-electron chi connectivity index (χ1n) is 22.4. The van der Waals surface area contributed by atoms with Crippen molar-refractivity contribution in [3.05, 3.63) is 116 Å². The molecule has 0 saturated carbocycles. The Kier molecular flexibility index (Phi) is 16.8. The number of hydrogen-bond donors (Lipinski definition) is 2. The van der Waals surface area contributed by atoms with Crippen LogP contribution >= 0.6 is 0 Å². The summed E-state index contributed by atoms with van der Waals surface area (Å²) in [4.78, 5) is 77.1. The van der Waals surface area contributed by atoms with Crippen molar-refractivity contribution in [3.8, 4) is 23.0 Å². The Hall–Kier alpha value is -7.40. The Morgan fingerprint density at radius 1 is 0.735 bits per heavy atom. The van der Waals surface area contributed by atoms with Crippen LogP contribution in [0.5, 0.6) is 23.0 Å². The number of ether oxygens (including phenoxy) is 5. The number of piperidine rings is 1. The Labute approximate surface area is 394 Å². The van der Waals surface area contributed by atoms with Crippen molar-refractivity contribution >= 4 is 58.2 Å². The lowest BCUT2D eigenvalue weighted by molar-refractivity contribution is -0.116. The van der Waals surface area contributed by atoms with E-state index in [1.807, 2.05) is 62.1 Å². The summed E-state index contributed by atoms with van der Waals surface area (Å²) in [5.74, 6) is 2.13. The highest BCUT2D eigenvalue weighted by Gasteiger charge is 2.32. The lowest BCUT2D eigenvalue weighted by Crippen LogP contribution is -2.49. The lowest BCUT2D eigenvalue weighted by Gasteiger charge is -2.39. The molecule has 3 aromatic carbocycles. The van der Waals surface area contributed by atoms with E-state index in [1.54, 1.807) is 55.1 Å². The minimum atomic E-state index is -0.616. The number of hydrogen-bond acceptors (Lipinski definition) is 12.